The highest BCUT2D eigenvalue weighted by Crippen LogP contribution is 2.42. The minimum absolute atomic E-state index is 0.0187. The first kappa shape index (κ1) is 18.9. The van der Waals surface area contributed by atoms with E-state index in [4.69, 9.17) is 16.3 Å². The van der Waals surface area contributed by atoms with Crippen LogP contribution < -0.4 is 0 Å². The van der Waals surface area contributed by atoms with E-state index >= 15 is 0 Å². The Balaban J connectivity index is 1.82. The zero-order valence-electron chi connectivity index (χ0n) is 15.2. The summed E-state index contributed by atoms with van der Waals surface area (Å²) in [5, 5.41) is 0.464. The van der Waals surface area contributed by atoms with Crippen molar-refractivity contribution in [2.45, 2.75) is 44.6 Å². The molecule has 0 bridgehead atoms. The number of halogens is 1. The van der Waals surface area contributed by atoms with Crippen LogP contribution in [0.1, 0.15) is 44.6 Å². The van der Waals surface area contributed by atoms with Crippen LogP contribution in [0.15, 0.2) is 24.3 Å². The third-order valence-corrected chi connectivity index (χ3v) is 6.00. The molecule has 0 heterocycles. The lowest BCUT2D eigenvalue weighted by Crippen LogP contribution is -2.55. The van der Waals surface area contributed by atoms with Crippen molar-refractivity contribution in [1.82, 2.24) is 4.90 Å². The standard InChI is InChI=1S/C20H24ClNO4/c1-13-11-14(13)19(25)26-12-18(24)22(2)20(10-6-5-9-17(20)23)15-7-3-4-8-16(15)21/h3-4,7-8,13-14H,5-6,9-12H2,1-2H3. The summed E-state index contributed by atoms with van der Waals surface area (Å²) in [4.78, 5) is 39.1. The molecule has 3 unspecified atom stereocenters. The highest BCUT2D eigenvalue weighted by atomic mass is 35.5. The summed E-state index contributed by atoms with van der Waals surface area (Å²) in [7, 11) is 1.60. The highest BCUT2D eigenvalue weighted by molar-refractivity contribution is 6.31. The minimum atomic E-state index is -1.09. The first-order valence-electron chi connectivity index (χ1n) is 9.09. The number of carbonyl (C=O) groups excluding carboxylic acids is 3. The topological polar surface area (TPSA) is 63.7 Å². The summed E-state index contributed by atoms with van der Waals surface area (Å²) >= 11 is 6.38. The van der Waals surface area contributed by atoms with Gasteiger partial charge in [-0.25, -0.2) is 0 Å². The van der Waals surface area contributed by atoms with Gasteiger partial charge in [0.2, 0.25) is 0 Å². The van der Waals surface area contributed by atoms with Crippen LogP contribution in [0.25, 0.3) is 0 Å². The predicted octanol–water partition coefficient (Wildman–Crippen LogP) is 3.34. The van der Waals surface area contributed by atoms with Crippen LogP contribution in [0.3, 0.4) is 0 Å². The number of Topliss-reactive ketones (excluding diaryl/α,β-unsaturated/α-hetero) is 1. The molecule has 2 aliphatic carbocycles. The van der Waals surface area contributed by atoms with Gasteiger partial charge in [-0.05, 0) is 37.7 Å². The van der Waals surface area contributed by atoms with E-state index in [2.05, 4.69) is 0 Å². The van der Waals surface area contributed by atoms with Gasteiger partial charge in [-0.15, -0.1) is 0 Å². The fourth-order valence-corrected chi connectivity index (χ4v) is 4.12. The quantitative estimate of drug-likeness (QED) is 0.738. The zero-order valence-corrected chi connectivity index (χ0v) is 15.9. The lowest BCUT2D eigenvalue weighted by atomic mass is 9.74. The van der Waals surface area contributed by atoms with Crippen LogP contribution in [-0.4, -0.2) is 36.2 Å². The van der Waals surface area contributed by atoms with Crippen molar-refractivity contribution in [3.63, 3.8) is 0 Å². The molecule has 1 aromatic rings. The number of nitrogens with zero attached hydrogens (tertiary/aromatic N) is 1. The first-order chi connectivity index (χ1) is 12.4. The highest BCUT2D eigenvalue weighted by Gasteiger charge is 2.48. The number of rotatable bonds is 5. The average molecular weight is 378 g/mol. The monoisotopic (exact) mass is 377 g/mol. The summed E-state index contributed by atoms with van der Waals surface area (Å²) in [6.45, 7) is 1.63. The van der Waals surface area contributed by atoms with E-state index in [1.54, 1.807) is 25.2 Å². The number of hydrogen-bond acceptors (Lipinski definition) is 4. The summed E-state index contributed by atoms with van der Waals surface area (Å²) in [6, 6.07) is 7.14. The largest absolute Gasteiger partial charge is 0.455 e. The van der Waals surface area contributed by atoms with Gasteiger partial charge < -0.3 is 9.64 Å². The van der Waals surface area contributed by atoms with Gasteiger partial charge in [-0.1, -0.05) is 36.7 Å². The number of ether oxygens (including phenoxy) is 1. The van der Waals surface area contributed by atoms with Crippen molar-refractivity contribution in [2.75, 3.05) is 13.7 Å². The van der Waals surface area contributed by atoms with Gasteiger partial charge in [0.1, 0.15) is 5.54 Å². The molecule has 2 saturated carbocycles. The Kier molecular flexibility index (Phi) is 5.37. The molecule has 2 fully saturated rings. The Morgan fingerprint density at radius 3 is 2.62 bits per heavy atom. The Morgan fingerprint density at radius 1 is 1.31 bits per heavy atom. The lowest BCUT2D eigenvalue weighted by Gasteiger charge is -2.43. The second kappa shape index (κ2) is 7.39. The molecule has 3 atom stereocenters. The average Bonchev–Trinajstić information content (AvgIpc) is 3.37. The normalized spacial score (nSPS) is 27.7. The fraction of sp³-hybridized carbons (Fsp3) is 0.550. The summed E-state index contributed by atoms with van der Waals surface area (Å²) in [5.41, 5.74) is -0.447. The Morgan fingerprint density at radius 2 is 2.00 bits per heavy atom. The van der Waals surface area contributed by atoms with Crippen molar-refractivity contribution >= 4 is 29.3 Å². The van der Waals surface area contributed by atoms with Crippen molar-refractivity contribution < 1.29 is 19.1 Å². The molecule has 1 aromatic carbocycles. The van der Waals surface area contributed by atoms with E-state index in [1.165, 1.54) is 4.90 Å². The molecule has 0 saturated heterocycles. The summed E-state index contributed by atoms with van der Waals surface area (Å²) in [6.07, 6.45) is 3.37. The SMILES string of the molecule is CC1CC1C(=O)OCC(=O)N(C)C1(c2ccccc2Cl)CCCCC1=O. The van der Waals surface area contributed by atoms with Crippen LogP contribution in [0.5, 0.6) is 0 Å². The number of carbonyl (C=O) groups is 3. The van der Waals surface area contributed by atoms with E-state index in [1.807, 2.05) is 13.0 Å². The number of hydrogen-bond donors (Lipinski definition) is 0. The summed E-state index contributed by atoms with van der Waals surface area (Å²) in [5.74, 6) is -0.510. The molecule has 6 heteroatoms. The van der Waals surface area contributed by atoms with Crippen molar-refractivity contribution in [1.29, 1.82) is 0 Å². The maximum absolute atomic E-state index is 13.0. The van der Waals surface area contributed by atoms with Crippen molar-refractivity contribution in [3.05, 3.63) is 34.9 Å². The predicted molar refractivity (Wildman–Crippen MR) is 97.6 cm³/mol. The number of esters is 1. The molecule has 2 aliphatic rings. The van der Waals surface area contributed by atoms with Gasteiger partial charge in [-0.3, -0.25) is 14.4 Å². The molecule has 0 aliphatic heterocycles. The molecular weight excluding hydrogens is 354 g/mol. The molecular formula is C20H24ClNO4. The maximum Gasteiger partial charge on any atom is 0.309 e. The van der Waals surface area contributed by atoms with Crippen molar-refractivity contribution in [2.24, 2.45) is 11.8 Å². The van der Waals surface area contributed by atoms with Gasteiger partial charge in [-0.2, -0.15) is 0 Å². The van der Waals surface area contributed by atoms with E-state index in [0.717, 1.165) is 19.3 Å². The molecule has 0 spiro atoms. The third-order valence-electron chi connectivity index (χ3n) is 5.67. The van der Waals surface area contributed by atoms with Crippen LogP contribution in [0.2, 0.25) is 5.02 Å². The molecule has 0 radical (unpaired) electrons. The summed E-state index contributed by atoms with van der Waals surface area (Å²) < 4.78 is 5.18. The van der Waals surface area contributed by atoms with Crippen LogP contribution in [0, 0.1) is 11.8 Å². The van der Waals surface area contributed by atoms with Gasteiger partial charge in [0, 0.05) is 24.1 Å². The van der Waals surface area contributed by atoms with E-state index in [-0.39, 0.29) is 30.2 Å². The Hall–Kier alpha value is -1.88. The number of benzene rings is 1. The van der Waals surface area contributed by atoms with E-state index < -0.39 is 5.54 Å². The molecule has 5 nitrogen and oxygen atoms in total. The van der Waals surface area contributed by atoms with Crippen LogP contribution >= 0.6 is 11.6 Å². The van der Waals surface area contributed by atoms with E-state index in [0.29, 0.717) is 29.3 Å². The molecule has 26 heavy (non-hydrogen) atoms. The first-order valence-corrected chi connectivity index (χ1v) is 9.47. The Labute approximate surface area is 158 Å². The third kappa shape index (κ3) is 3.37. The number of ketones is 1. The van der Waals surface area contributed by atoms with Gasteiger partial charge >= 0.3 is 5.97 Å². The number of amides is 1. The fourth-order valence-electron chi connectivity index (χ4n) is 3.83. The van der Waals surface area contributed by atoms with Crippen molar-refractivity contribution in [3.8, 4) is 0 Å². The molecule has 0 N–H and O–H groups in total. The van der Waals surface area contributed by atoms with E-state index in [9.17, 15) is 14.4 Å². The van der Waals surface area contributed by atoms with Gasteiger partial charge in [0.05, 0.1) is 5.92 Å². The van der Waals surface area contributed by atoms with Crippen LogP contribution in [-0.2, 0) is 24.7 Å². The van der Waals surface area contributed by atoms with Gasteiger partial charge in [0.15, 0.2) is 12.4 Å². The lowest BCUT2D eigenvalue weighted by molar-refractivity contribution is -0.158. The zero-order chi connectivity index (χ0) is 18.9. The second-order valence-corrected chi connectivity index (χ2v) is 7.76. The Bertz CT molecular complexity index is 734. The minimum Gasteiger partial charge on any atom is -0.455 e. The smallest absolute Gasteiger partial charge is 0.309 e. The molecule has 3 rings (SSSR count). The second-order valence-electron chi connectivity index (χ2n) is 7.35. The molecule has 1 amide bonds. The van der Waals surface area contributed by atoms with Gasteiger partial charge in [0.25, 0.3) is 5.91 Å². The number of likely N-dealkylation sites (N-methyl/N-ethyl adjacent to an activating group) is 1. The maximum atomic E-state index is 13.0. The molecule has 140 valence electrons. The molecule has 0 aromatic heterocycles. The van der Waals surface area contributed by atoms with Crippen LogP contribution in [0.4, 0.5) is 0 Å².